The number of aryl methyl sites for hydroxylation is 4. The van der Waals surface area contributed by atoms with Crippen LogP contribution in [0.15, 0.2) is 61.2 Å². The number of amides is 2. The van der Waals surface area contributed by atoms with E-state index in [-0.39, 0.29) is 69.3 Å². The molecule has 22 nitrogen and oxygen atoms in total. The van der Waals surface area contributed by atoms with Crippen LogP contribution in [0.5, 0.6) is 0 Å². The van der Waals surface area contributed by atoms with E-state index in [1.165, 1.54) is 45.0 Å². The van der Waals surface area contributed by atoms with Crippen molar-refractivity contribution in [2.45, 2.75) is 286 Å². The fourth-order valence-corrected chi connectivity index (χ4v) is 23.5. The normalized spacial score (nSPS) is 19.6. The average molecular weight is 1780 g/mol. The summed E-state index contributed by atoms with van der Waals surface area (Å²) < 4.78 is 42.5. The molecule has 0 saturated carbocycles. The first-order valence-corrected chi connectivity index (χ1v) is 62.4. The van der Waals surface area contributed by atoms with E-state index in [2.05, 4.69) is 128 Å². The van der Waals surface area contributed by atoms with Crippen molar-refractivity contribution in [3.63, 3.8) is 0 Å². The number of pyridine rings is 2. The van der Waals surface area contributed by atoms with Gasteiger partial charge in [0.15, 0.2) is 11.3 Å². The maximum absolute atomic E-state index is 13.4. The van der Waals surface area contributed by atoms with Gasteiger partial charge in [-0.2, -0.15) is 19.2 Å². The molecular weight excluding hydrogens is 1650 g/mol. The van der Waals surface area contributed by atoms with Crippen LogP contribution < -0.4 is 12.8 Å². The Morgan fingerprint density at radius 1 is 0.513 bits per heavy atom. The molecule has 6 aliphatic rings. The van der Waals surface area contributed by atoms with Crippen molar-refractivity contribution in [3.05, 3.63) is 98.9 Å². The number of halogens is 1. The van der Waals surface area contributed by atoms with E-state index >= 15 is 0 Å². The SMILES string of the molecule is CC(C)(C)OC(=O)N1[C@@H]2CC[C@H]1CC(c1cc(N(COCC[Si](C)(C)C)COCC[Si](C)(C)C)n3ncc(-c4ccc(-c5nc6c(s5)CCC6)nc4)c3n1)C2.CC(C)(C)OC(=O)N1[C@@H]2CC[C@H]1CC(c1cc(N(COCC[Si](C)(C)C)COCC[Si](C)(C)C)n3ncc(-c4ccc(Cl)nc4)c3n1)C2.[CH3][Sn][c]1nc2c(s1)CCC2. The zero-order valence-corrected chi connectivity index (χ0v) is 80.1. The molecule has 2 radical (unpaired) electrons. The zero-order valence-electron chi connectivity index (χ0n) is 70.8. The summed E-state index contributed by atoms with van der Waals surface area (Å²) in [5.74, 6) is 2.14. The van der Waals surface area contributed by atoms with E-state index in [0.717, 1.165) is 156 Å². The molecule has 0 N–H and O–H groups in total. The van der Waals surface area contributed by atoms with E-state index < -0.39 is 43.5 Å². The molecular formula is C83H125ClN14O8S2Si4Sn. The first kappa shape index (κ1) is 87.1. The number of aromatic nitrogens is 10. The van der Waals surface area contributed by atoms with Crippen LogP contribution in [0, 0.1) is 0 Å². The van der Waals surface area contributed by atoms with Gasteiger partial charge in [-0.3, -0.25) is 4.98 Å². The summed E-state index contributed by atoms with van der Waals surface area (Å²) in [6.07, 6.45) is 21.6. The Kier molecular flexibility index (Phi) is 28.5. The quantitative estimate of drug-likeness (QED) is 0.0193. The topological polar surface area (TPSA) is 214 Å². The third-order valence-electron chi connectivity index (χ3n) is 21.8. The molecule has 8 aromatic heterocycles. The Morgan fingerprint density at radius 3 is 1.25 bits per heavy atom. The Morgan fingerprint density at radius 2 is 0.903 bits per heavy atom. The van der Waals surface area contributed by atoms with Crippen LogP contribution in [-0.2, 0) is 54.1 Å². The Balaban J connectivity index is 0.000000187. The summed E-state index contributed by atoms with van der Waals surface area (Å²) in [6, 6.07) is 17.2. The van der Waals surface area contributed by atoms with Crippen LogP contribution in [0.2, 0.25) is 113 Å². The molecule has 4 aliphatic heterocycles. The summed E-state index contributed by atoms with van der Waals surface area (Å²) in [5, 5.41) is 11.3. The predicted molar refractivity (Wildman–Crippen MR) is 471 cm³/mol. The molecule has 2 unspecified atom stereocenters. The molecule has 113 heavy (non-hydrogen) atoms. The van der Waals surface area contributed by atoms with E-state index in [9.17, 15) is 9.59 Å². The van der Waals surface area contributed by atoms with E-state index in [1.807, 2.05) is 96.4 Å². The van der Waals surface area contributed by atoms with Crippen molar-refractivity contribution in [2.75, 3.05) is 63.2 Å². The van der Waals surface area contributed by atoms with Gasteiger partial charge in [0.25, 0.3) is 0 Å². The zero-order chi connectivity index (χ0) is 81.0. The molecule has 4 bridgehead atoms. The minimum absolute atomic E-state index is 0.124. The summed E-state index contributed by atoms with van der Waals surface area (Å²) in [6.45, 7) is 44.4. The fraction of sp³-hybridized carbons (Fsp3) is 0.639. The van der Waals surface area contributed by atoms with Gasteiger partial charge in [0.05, 0.1) is 23.8 Å². The summed E-state index contributed by atoms with van der Waals surface area (Å²) in [7, 11) is -5.07. The molecule has 0 aromatic carbocycles. The molecule has 6 atom stereocenters. The van der Waals surface area contributed by atoms with Crippen molar-refractivity contribution in [2.24, 2.45) is 0 Å². The van der Waals surface area contributed by atoms with Crippen LogP contribution >= 0.6 is 34.3 Å². The van der Waals surface area contributed by atoms with Crippen LogP contribution in [0.1, 0.15) is 150 Å². The number of nitrogens with zero attached hydrogens (tertiary/aromatic N) is 14. The van der Waals surface area contributed by atoms with Crippen LogP contribution in [0.3, 0.4) is 0 Å². The van der Waals surface area contributed by atoms with Crippen molar-refractivity contribution >= 4 is 126 Å². The molecule has 4 saturated heterocycles. The first-order chi connectivity index (χ1) is 53.4. The minimum atomic E-state index is -1.28. The van der Waals surface area contributed by atoms with Crippen molar-refractivity contribution in [1.82, 2.24) is 58.9 Å². The number of hydrogen-bond donors (Lipinski definition) is 0. The van der Waals surface area contributed by atoms with E-state index in [1.54, 1.807) is 28.5 Å². The Bertz CT molecular complexity index is 4410. The summed E-state index contributed by atoms with van der Waals surface area (Å²) in [5.41, 5.74) is 9.73. The standard InChI is InChI=1S/C41H61N7O4SSi2.C35H55ClN6O4Si2.C6H6NS.CH3.Sn/c1-41(2,3)52-40(49)47-30-14-15-31(47)22-29(21-30)35-23-37(46(26-50-17-19-54(4,5)6)27-51-18-20-55(7,8)9)48-38(44-35)32(25-43-48)28-13-16-34(42-24-28)39-45-33-11-10-12-36(33)53-39;1-35(2,3)46-34(43)41-27-11-12-28(41)19-26(18-27)30-20-32(42-33(39-30)29(22-38-42)25-10-13-31(36)37-21-25)40(23-44-14-16-47(4,5)6)24-45-15-17-48(7,8)9;1-2-5-6(3-1)8-4-7-5;;/h13,16,23-25,29-31H,10-12,14-15,17-22,26-27H2,1-9H3;10,13,20-22,26-28H,11-12,14-19,23-24H2,1-9H3;1-3H2;1H3;/t29?,30-,31+;26?,27-,28+;;;. The van der Waals surface area contributed by atoms with Gasteiger partial charge in [0, 0.05) is 158 Å². The number of ether oxygens (including phenoxy) is 6. The maximum atomic E-state index is 13.4. The number of thiazole rings is 2. The number of piperidine rings is 2. The van der Waals surface area contributed by atoms with Gasteiger partial charge in [-0.05, 0) is 155 Å². The molecule has 30 heteroatoms. The molecule has 0 spiro atoms. The van der Waals surface area contributed by atoms with Crippen LogP contribution in [0.4, 0.5) is 21.2 Å². The van der Waals surface area contributed by atoms with Gasteiger partial charge in [0.2, 0.25) is 0 Å². The number of carbonyl (C=O) groups excluding carboxylic acids is 2. The van der Waals surface area contributed by atoms with Gasteiger partial charge in [-0.25, -0.2) is 29.5 Å². The fourth-order valence-electron chi connectivity index (χ4n) is 15.6. The van der Waals surface area contributed by atoms with Gasteiger partial charge in [-0.1, -0.05) is 96.2 Å². The Labute approximate surface area is 698 Å². The Hall–Kier alpha value is -5.26. The third kappa shape index (κ3) is 23.6. The van der Waals surface area contributed by atoms with Gasteiger partial charge in [-0.15, -0.1) is 11.3 Å². The molecule has 2 aliphatic carbocycles. The second kappa shape index (κ2) is 36.9. The molecule has 614 valence electrons. The van der Waals surface area contributed by atoms with E-state index in [0.29, 0.717) is 58.5 Å². The molecule has 2 amide bonds. The van der Waals surface area contributed by atoms with Gasteiger partial charge < -0.3 is 48.0 Å². The number of carbonyl (C=O) groups is 2. The molecule has 14 rings (SSSR count). The molecule has 12 heterocycles. The predicted octanol–water partition coefficient (Wildman–Crippen LogP) is 19.0. The number of anilines is 2. The third-order valence-corrected chi connectivity index (χ3v) is 34.8. The number of hydrogen-bond acceptors (Lipinski definition) is 20. The summed E-state index contributed by atoms with van der Waals surface area (Å²) >= 11 is 9.69. The number of fused-ring (bicyclic) bond motifs is 8. The van der Waals surface area contributed by atoms with Gasteiger partial charge >= 0.3 is 87.4 Å². The van der Waals surface area contributed by atoms with Crippen molar-refractivity contribution in [1.29, 1.82) is 0 Å². The van der Waals surface area contributed by atoms with Crippen molar-refractivity contribution < 1.29 is 38.0 Å². The van der Waals surface area contributed by atoms with Crippen molar-refractivity contribution in [3.8, 4) is 33.0 Å². The molecule has 4 fully saturated rings. The number of rotatable bonds is 28. The van der Waals surface area contributed by atoms with Crippen LogP contribution in [0.25, 0.3) is 44.2 Å². The van der Waals surface area contributed by atoms with E-state index in [4.69, 9.17) is 70.2 Å². The van der Waals surface area contributed by atoms with Gasteiger partial charge in [0.1, 0.15) is 59.9 Å². The van der Waals surface area contributed by atoms with Crippen LogP contribution in [-0.4, -0.2) is 213 Å². The second-order valence-electron chi connectivity index (χ2n) is 38.6. The second-order valence-corrected chi connectivity index (χ2v) is 67.4. The monoisotopic (exact) mass is 1780 g/mol. The average Bonchev–Trinajstić information content (AvgIpc) is 1.67. The first-order valence-electron chi connectivity index (χ1n) is 41.2. The molecule has 8 aromatic rings. The summed E-state index contributed by atoms with van der Waals surface area (Å²) in [4.78, 5) is 69.7.